The molecule has 0 fully saturated rings. The van der Waals surface area contributed by atoms with E-state index in [1.165, 1.54) is 12.3 Å². The van der Waals surface area contributed by atoms with Crippen molar-refractivity contribution in [3.63, 3.8) is 0 Å². The molecule has 19 heavy (non-hydrogen) atoms. The topological polar surface area (TPSA) is 66.3 Å². The average Bonchev–Trinajstić information content (AvgIpc) is 2.38. The zero-order valence-electron chi connectivity index (χ0n) is 12.1. The number of carbonyl (C=O) groups is 1. The van der Waals surface area contributed by atoms with E-state index in [4.69, 9.17) is 0 Å². The summed E-state index contributed by atoms with van der Waals surface area (Å²) in [5, 5.41) is 17.2. The second kappa shape index (κ2) is 7.07. The third kappa shape index (κ3) is 3.91. The zero-order chi connectivity index (χ0) is 14.4. The van der Waals surface area contributed by atoms with E-state index in [1.54, 1.807) is 0 Å². The molecule has 0 aliphatic rings. The molecule has 0 saturated carbocycles. The van der Waals surface area contributed by atoms with Crippen molar-refractivity contribution in [2.45, 2.75) is 46.6 Å². The second-order valence-corrected chi connectivity index (χ2v) is 5.09. The number of carboxylic acids is 1. The smallest absolute Gasteiger partial charge is 0.339 e. The van der Waals surface area contributed by atoms with Crippen molar-refractivity contribution < 1.29 is 9.90 Å². The van der Waals surface area contributed by atoms with E-state index >= 15 is 0 Å². The van der Waals surface area contributed by atoms with Crippen LogP contribution in [0.15, 0.2) is 12.3 Å². The van der Waals surface area contributed by atoms with E-state index in [0.717, 1.165) is 19.4 Å². The van der Waals surface area contributed by atoms with Crippen molar-refractivity contribution in [1.82, 2.24) is 10.2 Å². The number of hydrogen-bond acceptors (Lipinski definition) is 4. The highest BCUT2D eigenvalue weighted by Gasteiger charge is 2.23. The summed E-state index contributed by atoms with van der Waals surface area (Å²) in [6.07, 6.45) is 3.34. The third-order valence-electron chi connectivity index (χ3n) is 3.15. The van der Waals surface area contributed by atoms with Crippen LogP contribution in [0.4, 0.5) is 5.82 Å². The Labute approximate surface area is 114 Å². The van der Waals surface area contributed by atoms with Crippen LogP contribution in [0.1, 0.15) is 50.9 Å². The van der Waals surface area contributed by atoms with Gasteiger partial charge in [0.1, 0.15) is 5.56 Å². The molecule has 0 aromatic carbocycles. The summed E-state index contributed by atoms with van der Waals surface area (Å²) < 4.78 is 0. The van der Waals surface area contributed by atoms with Crippen molar-refractivity contribution in [3.05, 3.63) is 17.8 Å². The van der Waals surface area contributed by atoms with Gasteiger partial charge < -0.3 is 10.0 Å². The summed E-state index contributed by atoms with van der Waals surface area (Å²) in [4.78, 5) is 13.4. The standard InChI is InChI=1S/C14H23N3O2/c1-5-11(6-2)17(9-10(3)4)13-12(14(18)19)7-8-15-16-13/h7-8,10-11H,5-6,9H2,1-4H3,(H,18,19). The average molecular weight is 265 g/mol. The summed E-state index contributed by atoms with van der Waals surface area (Å²) in [6, 6.07) is 1.80. The molecule has 0 radical (unpaired) electrons. The van der Waals surface area contributed by atoms with Crippen LogP contribution in [-0.2, 0) is 0 Å². The van der Waals surface area contributed by atoms with E-state index in [1.807, 2.05) is 0 Å². The zero-order valence-corrected chi connectivity index (χ0v) is 12.1. The molecule has 1 aromatic heterocycles. The van der Waals surface area contributed by atoms with Gasteiger partial charge in [0.2, 0.25) is 0 Å². The molecule has 5 heteroatoms. The van der Waals surface area contributed by atoms with Crippen molar-refractivity contribution in [3.8, 4) is 0 Å². The Morgan fingerprint density at radius 2 is 2.00 bits per heavy atom. The van der Waals surface area contributed by atoms with E-state index in [9.17, 15) is 9.90 Å². The van der Waals surface area contributed by atoms with Gasteiger partial charge in [0.05, 0.1) is 6.20 Å². The molecule has 0 atom stereocenters. The van der Waals surface area contributed by atoms with Crippen LogP contribution in [0.3, 0.4) is 0 Å². The van der Waals surface area contributed by atoms with E-state index in [2.05, 4.69) is 42.8 Å². The molecule has 0 bridgehead atoms. The number of hydrogen-bond donors (Lipinski definition) is 1. The Morgan fingerprint density at radius 1 is 1.37 bits per heavy atom. The van der Waals surface area contributed by atoms with Gasteiger partial charge >= 0.3 is 5.97 Å². The van der Waals surface area contributed by atoms with Crippen molar-refractivity contribution in [2.75, 3.05) is 11.4 Å². The van der Waals surface area contributed by atoms with Gasteiger partial charge in [-0.05, 0) is 24.8 Å². The minimum atomic E-state index is -0.954. The lowest BCUT2D eigenvalue weighted by Gasteiger charge is -2.33. The Morgan fingerprint density at radius 3 is 2.47 bits per heavy atom. The maximum atomic E-state index is 11.3. The molecule has 1 heterocycles. The van der Waals surface area contributed by atoms with Gasteiger partial charge in [0, 0.05) is 12.6 Å². The number of anilines is 1. The third-order valence-corrected chi connectivity index (χ3v) is 3.15. The first kappa shape index (κ1) is 15.4. The van der Waals surface area contributed by atoms with Crippen LogP contribution < -0.4 is 4.90 Å². The molecule has 0 spiro atoms. The van der Waals surface area contributed by atoms with Gasteiger partial charge in [-0.25, -0.2) is 4.79 Å². The molecule has 0 amide bonds. The van der Waals surface area contributed by atoms with Crippen LogP contribution in [0.25, 0.3) is 0 Å². The molecule has 1 aromatic rings. The summed E-state index contributed by atoms with van der Waals surface area (Å²) in [7, 11) is 0. The number of aromatic nitrogens is 2. The van der Waals surface area contributed by atoms with E-state index in [-0.39, 0.29) is 11.6 Å². The lowest BCUT2D eigenvalue weighted by Crippen LogP contribution is -2.39. The quantitative estimate of drug-likeness (QED) is 0.821. The molecule has 0 unspecified atom stereocenters. The molecule has 0 saturated heterocycles. The van der Waals surface area contributed by atoms with Gasteiger partial charge in [0.15, 0.2) is 5.82 Å². The van der Waals surface area contributed by atoms with Crippen LogP contribution in [0.2, 0.25) is 0 Å². The van der Waals surface area contributed by atoms with Gasteiger partial charge in [-0.2, -0.15) is 5.10 Å². The van der Waals surface area contributed by atoms with Gasteiger partial charge in [0.25, 0.3) is 0 Å². The van der Waals surface area contributed by atoms with E-state index in [0.29, 0.717) is 11.7 Å². The SMILES string of the molecule is CCC(CC)N(CC(C)C)c1nnccc1C(=O)O. The largest absolute Gasteiger partial charge is 0.478 e. The molecule has 5 nitrogen and oxygen atoms in total. The molecular weight excluding hydrogens is 242 g/mol. The van der Waals surface area contributed by atoms with E-state index < -0.39 is 5.97 Å². The number of nitrogens with zero attached hydrogens (tertiary/aromatic N) is 3. The fourth-order valence-electron chi connectivity index (χ4n) is 2.23. The first-order valence-electron chi connectivity index (χ1n) is 6.82. The van der Waals surface area contributed by atoms with Crippen LogP contribution in [0, 0.1) is 5.92 Å². The Kier molecular flexibility index (Phi) is 5.73. The summed E-state index contributed by atoms with van der Waals surface area (Å²) in [5.74, 6) is -0.0359. The highest BCUT2D eigenvalue weighted by Crippen LogP contribution is 2.23. The first-order valence-corrected chi connectivity index (χ1v) is 6.82. The van der Waals surface area contributed by atoms with Crippen molar-refractivity contribution in [2.24, 2.45) is 5.92 Å². The minimum absolute atomic E-state index is 0.225. The Bertz CT molecular complexity index is 417. The lowest BCUT2D eigenvalue weighted by molar-refractivity contribution is 0.0696. The predicted molar refractivity (Wildman–Crippen MR) is 75.5 cm³/mol. The monoisotopic (exact) mass is 265 g/mol. The van der Waals surface area contributed by atoms with Gasteiger partial charge in [-0.3, -0.25) is 0 Å². The molecular formula is C14H23N3O2. The van der Waals surface area contributed by atoms with Crippen molar-refractivity contribution in [1.29, 1.82) is 0 Å². The van der Waals surface area contributed by atoms with Crippen LogP contribution in [0.5, 0.6) is 0 Å². The fourth-order valence-corrected chi connectivity index (χ4v) is 2.23. The molecule has 0 aliphatic heterocycles. The minimum Gasteiger partial charge on any atom is -0.478 e. The maximum Gasteiger partial charge on any atom is 0.339 e. The molecule has 1 N–H and O–H groups in total. The lowest BCUT2D eigenvalue weighted by atomic mass is 10.1. The normalized spacial score (nSPS) is 11.1. The van der Waals surface area contributed by atoms with Crippen LogP contribution >= 0.6 is 0 Å². The second-order valence-electron chi connectivity index (χ2n) is 5.09. The highest BCUT2D eigenvalue weighted by molar-refractivity contribution is 5.93. The molecule has 1 rings (SSSR count). The number of carboxylic acid groups (broad SMARTS) is 1. The molecule has 0 aliphatic carbocycles. The Balaban J connectivity index is 3.20. The van der Waals surface area contributed by atoms with Crippen LogP contribution in [-0.4, -0.2) is 33.9 Å². The predicted octanol–water partition coefficient (Wildman–Crippen LogP) is 2.83. The summed E-state index contributed by atoms with van der Waals surface area (Å²) in [5.41, 5.74) is 0.225. The Hall–Kier alpha value is -1.65. The first-order chi connectivity index (χ1) is 9.01. The fraction of sp³-hybridized carbons (Fsp3) is 0.643. The number of aromatic carboxylic acids is 1. The van der Waals surface area contributed by atoms with Gasteiger partial charge in [-0.15, -0.1) is 5.10 Å². The summed E-state index contributed by atoms with van der Waals surface area (Å²) >= 11 is 0. The number of rotatable bonds is 7. The molecule has 106 valence electrons. The summed E-state index contributed by atoms with van der Waals surface area (Å²) in [6.45, 7) is 9.24. The van der Waals surface area contributed by atoms with Gasteiger partial charge in [-0.1, -0.05) is 27.7 Å². The maximum absolute atomic E-state index is 11.3. The van der Waals surface area contributed by atoms with Crippen molar-refractivity contribution >= 4 is 11.8 Å². The highest BCUT2D eigenvalue weighted by atomic mass is 16.4.